The van der Waals surface area contributed by atoms with Crippen LogP contribution in [0.4, 0.5) is 0 Å². The lowest BCUT2D eigenvalue weighted by molar-refractivity contribution is -0.122. The normalized spacial score (nSPS) is 34.5. The average molecular weight is 399 g/mol. The molecule has 5 aliphatic carbocycles. The molecule has 2 aromatic rings. The topological polar surface area (TPSA) is 41.5 Å². The molecule has 0 aromatic heterocycles. The maximum absolute atomic E-state index is 13.2. The van der Waals surface area contributed by atoms with Crippen molar-refractivity contribution in [1.82, 2.24) is 5.43 Å². The van der Waals surface area contributed by atoms with Gasteiger partial charge in [-0.2, -0.15) is 5.10 Å². The second kappa shape index (κ2) is 7.08. The predicted octanol–water partition coefficient (Wildman–Crippen LogP) is 5.31. The molecule has 0 radical (unpaired) electrons. The molecule has 0 unspecified atom stereocenters. The van der Waals surface area contributed by atoms with Gasteiger partial charge in [0.1, 0.15) is 0 Å². The minimum Gasteiger partial charge on any atom is -0.273 e. The second-order valence-corrected chi connectivity index (χ2v) is 10.2. The van der Waals surface area contributed by atoms with Gasteiger partial charge in [0.15, 0.2) is 0 Å². The van der Waals surface area contributed by atoms with Crippen LogP contribution in [-0.2, 0) is 10.2 Å². The first-order valence-corrected chi connectivity index (χ1v) is 11.7. The van der Waals surface area contributed by atoms with Gasteiger partial charge in [0, 0.05) is 11.1 Å². The van der Waals surface area contributed by atoms with Gasteiger partial charge < -0.3 is 0 Å². The number of amides is 1. The molecule has 3 nitrogen and oxygen atoms in total. The summed E-state index contributed by atoms with van der Waals surface area (Å²) in [6.45, 7) is 0. The molecule has 3 atom stereocenters. The van der Waals surface area contributed by atoms with Gasteiger partial charge in [-0.25, -0.2) is 5.43 Å². The maximum Gasteiger partial charge on any atom is 0.244 e. The Kier molecular flexibility index (Phi) is 4.33. The number of hydrogen-bond acceptors (Lipinski definition) is 2. The molecule has 0 aliphatic heterocycles. The number of hydrogen-bond donors (Lipinski definition) is 1. The van der Waals surface area contributed by atoms with Crippen molar-refractivity contribution in [1.29, 1.82) is 0 Å². The van der Waals surface area contributed by atoms with Gasteiger partial charge in [-0.05, 0) is 79.7 Å². The van der Waals surface area contributed by atoms with E-state index >= 15 is 0 Å². The Labute approximate surface area is 179 Å². The van der Waals surface area contributed by atoms with E-state index in [4.69, 9.17) is 5.10 Å². The van der Waals surface area contributed by atoms with Crippen molar-refractivity contribution in [3.8, 4) is 0 Å². The third-order valence-electron chi connectivity index (χ3n) is 8.37. The lowest BCUT2D eigenvalue weighted by Crippen LogP contribution is -2.30. The molecule has 1 N–H and O–H groups in total. The van der Waals surface area contributed by atoms with Crippen molar-refractivity contribution < 1.29 is 4.79 Å². The van der Waals surface area contributed by atoms with Gasteiger partial charge in [-0.3, -0.25) is 4.79 Å². The Morgan fingerprint density at radius 2 is 1.37 bits per heavy atom. The fourth-order valence-electron chi connectivity index (χ4n) is 7.09. The highest BCUT2D eigenvalue weighted by Crippen LogP contribution is 2.59. The van der Waals surface area contributed by atoms with Crippen molar-refractivity contribution in [2.24, 2.45) is 34.7 Å². The van der Waals surface area contributed by atoms with E-state index in [0.29, 0.717) is 5.92 Å². The van der Waals surface area contributed by atoms with Crippen LogP contribution in [0.2, 0.25) is 0 Å². The van der Waals surface area contributed by atoms with Crippen molar-refractivity contribution in [3.05, 3.63) is 71.8 Å². The molecule has 2 aromatic carbocycles. The number of carbonyl (C=O) groups is 1. The largest absolute Gasteiger partial charge is 0.273 e. The van der Waals surface area contributed by atoms with Gasteiger partial charge >= 0.3 is 0 Å². The minimum absolute atomic E-state index is 0.0507. The molecule has 0 spiro atoms. The Morgan fingerprint density at radius 1 is 0.800 bits per heavy atom. The number of carbonyl (C=O) groups excluding carboxylic acids is 1. The minimum atomic E-state index is -0.215. The first-order chi connectivity index (χ1) is 14.7. The van der Waals surface area contributed by atoms with Crippen molar-refractivity contribution in [2.45, 2.75) is 50.4 Å². The first kappa shape index (κ1) is 18.4. The van der Waals surface area contributed by atoms with Crippen LogP contribution in [0.3, 0.4) is 0 Å². The fourth-order valence-corrected chi connectivity index (χ4v) is 7.09. The summed E-state index contributed by atoms with van der Waals surface area (Å²) in [7, 11) is 0. The van der Waals surface area contributed by atoms with Crippen LogP contribution in [-0.4, -0.2) is 11.6 Å². The fraction of sp³-hybridized carbons (Fsp3) is 0.481. The molecular weight excluding hydrogens is 368 g/mol. The van der Waals surface area contributed by atoms with Crippen molar-refractivity contribution in [3.63, 3.8) is 0 Å². The Bertz CT molecular complexity index is 913. The molecule has 0 heterocycles. The number of fused-ring (bicyclic) bond motifs is 1. The summed E-state index contributed by atoms with van der Waals surface area (Å²) >= 11 is 0. The Hall–Kier alpha value is -2.42. The van der Waals surface area contributed by atoms with Crippen LogP contribution >= 0.6 is 0 Å². The van der Waals surface area contributed by atoms with Crippen LogP contribution in [0, 0.1) is 29.6 Å². The molecule has 4 bridgehead atoms. The number of hydrazone groups is 1. The van der Waals surface area contributed by atoms with E-state index in [1.807, 2.05) is 12.1 Å². The van der Waals surface area contributed by atoms with Gasteiger partial charge in [0.25, 0.3) is 0 Å². The van der Waals surface area contributed by atoms with Crippen molar-refractivity contribution >= 4 is 11.6 Å². The van der Waals surface area contributed by atoms with E-state index in [1.165, 1.54) is 48.9 Å². The monoisotopic (exact) mass is 398 g/mol. The summed E-state index contributed by atoms with van der Waals surface area (Å²) in [5.74, 6) is 3.25. The lowest BCUT2D eigenvalue weighted by Gasteiger charge is -2.37. The third-order valence-corrected chi connectivity index (χ3v) is 8.37. The van der Waals surface area contributed by atoms with Gasteiger partial charge in [0.2, 0.25) is 5.91 Å². The van der Waals surface area contributed by atoms with Crippen LogP contribution in [0.15, 0.2) is 65.8 Å². The summed E-state index contributed by atoms with van der Waals surface area (Å²) in [5, 5.41) is 4.77. The Morgan fingerprint density at radius 3 is 1.97 bits per heavy atom. The van der Waals surface area contributed by atoms with Gasteiger partial charge in [-0.15, -0.1) is 0 Å². The van der Waals surface area contributed by atoms with E-state index in [9.17, 15) is 4.79 Å². The SMILES string of the molecule is O=C(N/N=C1/CC2C[C@H]3CC1C[C@H](C2)C3)[C@@H]1CC1(c1ccccc1)c1ccccc1. The molecule has 5 aliphatic rings. The van der Waals surface area contributed by atoms with E-state index < -0.39 is 0 Å². The van der Waals surface area contributed by atoms with E-state index in [-0.39, 0.29) is 17.2 Å². The molecule has 3 heteroatoms. The highest BCUT2D eigenvalue weighted by molar-refractivity contribution is 5.91. The third kappa shape index (κ3) is 3.02. The Balaban J connectivity index is 1.24. The van der Waals surface area contributed by atoms with Crippen LogP contribution in [0.5, 0.6) is 0 Å². The maximum atomic E-state index is 13.2. The lowest BCUT2D eigenvalue weighted by atomic mass is 9.68. The summed E-state index contributed by atoms with van der Waals surface area (Å²) in [5.41, 5.74) is 6.56. The summed E-state index contributed by atoms with van der Waals surface area (Å²) in [4.78, 5) is 13.2. The zero-order valence-corrected chi connectivity index (χ0v) is 17.5. The van der Waals surface area contributed by atoms with E-state index in [2.05, 4.69) is 54.0 Å². The number of rotatable bonds is 4. The molecule has 5 saturated carbocycles. The van der Waals surface area contributed by atoms with Gasteiger partial charge in [0.05, 0.1) is 5.92 Å². The molecule has 0 saturated heterocycles. The molecule has 5 fully saturated rings. The van der Waals surface area contributed by atoms with E-state index in [0.717, 1.165) is 30.6 Å². The molecule has 154 valence electrons. The second-order valence-electron chi connectivity index (χ2n) is 10.2. The average Bonchev–Trinajstić information content (AvgIpc) is 3.56. The van der Waals surface area contributed by atoms with Crippen LogP contribution in [0.25, 0.3) is 0 Å². The number of nitrogens with one attached hydrogen (secondary N) is 1. The molecule has 1 amide bonds. The zero-order chi connectivity index (χ0) is 20.1. The predicted molar refractivity (Wildman–Crippen MR) is 119 cm³/mol. The van der Waals surface area contributed by atoms with Gasteiger partial charge in [-0.1, -0.05) is 60.7 Å². The summed E-state index contributed by atoms with van der Waals surface area (Å²) < 4.78 is 0. The standard InChI is InChI=1S/C27H30N2O/c30-26(29-28-25-16-20-12-18-11-19(13-20)15-21(25)14-18)24-17-27(24,22-7-3-1-4-8-22)23-9-5-2-6-10-23/h1-10,18-21,24H,11-17H2,(H,29,30)/b28-25-/t18-,19-,20?,21?,24-/m0/s1. The van der Waals surface area contributed by atoms with E-state index in [1.54, 1.807) is 0 Å². The summed E-state index contributed by atoms with van der Waals surface area (Å²) in [6, 6.07) is 21.0. The molecule has 7 rings (SSSR count). The molecular formula is C27H30N2O. The smallest absolute Gasteiger partial charge is 0.244 e. The zero-order valence-electron chi connectivity index (χ0n) is 17.5. The van der Waals surface area contributed by atoms with Crippen LogP contribution in [0.1, 0.15) is 56.1 Å². The first-order valence-electron chi connectivity index (χ1n) is 11.7. The van der Waals surface area contributed by atoms with Crippen LogP contribution < -0.4 is 5.43 Å². The number of nitrogens with zero attached hydrogens (tertiary/aromatic N) is 1. The van der Waals surface area contributed by atoms with Crippen molar-refractivity contribution in [2.75, 3.05) is 0 Å². The quantitative estimate of drug-likeness (QED) is 0.697. The molecule has 30 heavy (non-hydrogen) atoms. The highest BCUT2D eigenvalue weighted by atomic mass is 16.2. The highest BCUT2D eigenvalue weighted by Gasteiger charge is 2.60. The number of benzene rings is 2. The summed E-state index contributed by atoms with van der Waals surface area (Å²) in [6.07, 6.45) is 8.75.